The number of amides is 4. The summed E-state index contributed by atoms with van der Waals surface area (Å²) in [5.74, 6) is -0.666. The maximum atomic E-state index is 13.4. The summed E-state index contributed by atoms with van der Waals surface area (Å²) in [4.78, 5) is 52.3. The van der Waals surface area contributed by atoms with Crippen molar-refractivity contribution in [2.75, 3.05) is 6.54 Å². The van der Waals surface area contributed by atoms with Gasteiger partial charge in [-0.25, -0.2) is 0 Å². The molecule has 1 saturated carbocycles. The molecule has 4 N–H and O–H groups in total. The summed E-state index contributed by atoms with van der Waals surface area (Å²) in [6.45, 7) is 4.54. The first kappa shape index (κ1) is 24.9. The van der Waals surface area contributed by atoms with Gasteiger partial charge in [0.2, 0.25) is 23.6 Å². The molecule has 0 bridgehead atoms. The van der Waals surface area contributed by atoms with Gasteiger partial charge >= 0.3 is 0 Å². The predicted octanol–water partition coefficient (Wildman–Crippen LogP) is 2.06. The Labute approximate surface area is 195 Å². The van der Waals surface area contributed by atoms with Crippen LogP contribution in [-0.2, 0) is 19.2 Å². The molecule has 1 aliphatic carbocycles. The molecule has 0 unspecified atom stereocenters. The molecule has 2 heterocycles. The van der Waals surface area contributed by atoms with Crippen molar-refractivity contribution in [3.05, 3.63) is 0 Å². The van der Waals surface area contributed by atoms with E-state index in [2.05, 4.69) is 10.6 Å². The average Bonchev–Trinajstić information content (AvgIpc) is 2.91. The standard InChI is InChI=1S/C23H38N4O4S/c1-23(2)20(27-18(29)10-6-7-11-19(27)32-23)22(31)26-16(12-13-17(24)28)21(30)25-14-15-8-4-3-5-9-15/h15-16,19-20H,3-14H2,1-2H3,(H2,24,28)(H,25,30)(H,26,31)/t16-,19+,20+/m0/s1. The molecule has 0 aromatic heterocycles. The van der Waals surface area contributed by atoms with E-state index >= 15 is 0 Å². The minimum Gasteiger partial charge on any atom is -0.370 e. The summed E-state index contributed by atoms with van der Waals surface area (Å²) in [7, 11) is 0. The van der Waals surface area contributed by atoms with Crippen LogP contribution in [0.25, 0.3) is 0 Å². The number of carbonyl (C=O) groups excluding carboxylic acids is 4. The van der Waals surface area contributed by atoms with Gasteiger partial charge in [0, 0.05) is 24.1 Å². The fraction of sp³-hybridized carbons (Fsp3) is 0.826. The smallest absolute Gasteiger partial charge is 0.244 e. The van der Waals surface area contributed by atoms with E-state index in [-0.39, 0.29) is 35.9 Å². The molecule has 3 aliphatic rings. The zero-order valence-electron chi connectivity index (χ0n) is 19.4. The number of nitrogens with two attached hydrogens (primary N) is 1. The van der Waals surface area contributed by atoms with Crippen molar-refractivity contribution in [1.82, 2.24) is 15.5 Å². The van der Waals surface area contributed by atoms with E-state index < -0.39 is 22.7 Å². The third kappa shape index (κ3) is 6.17. The van der Waals surface area contributed by atoms with E-state index in [0.717, 1.165) is 32.1 Å². The first-order chi connectivity index (χ1) is 15.2. The predicted molar refractivity (Wildman–Crippen MR) is 125 cm³/mol. The second kappa shape index (κ2) is 10.9. The normalized spacial score (nSPS) is 26.7. The van der Waals surface area contributed by atoms with Gasteiger partial charge in [0.05, 0.1) is 5.37 Å². The Hall–Kier alpha value is -1.77. The molecule has 3 fully saturated rings. The van der Waals surface area contributed by atoms with Gasteiger partial charge in [-0.15, -0.1) is 11.8 Å². The van der Waals surface area contributed by atoms with E-state index in [1.807, 2.05) is 13.8 Å². The van der Waals surface area contributed by atoms with Gasteiger partial charge in [-0.05, 0) is 51.9 Å². The van der Waals surface area contributed by atoms with Crippen LogP contribution in [0.4, 0.5) is 0 Å². The molecule has 180 valence electrons. The van der Waals surface area contributed by atoms with Crippen molar-refractivity contribution in [3.8, 4) is 0 Å². The molecule has 8 nitrogen and oxygen atoms in total. The highest BCUT2D eigenvalue weighted by molar-refractivity contribution is 8.01. The first-order valence-electron chi connectivity index (χ1n) is 12.0. The second-order valence-corrected chi connectivity index (χ2v) is 11.8. The molecular weight excluding hydrogens is 428 g/mol. The topological polar surface area (TPSA) is 122 Å². The lowest BCUT2D eigenvalue weighted by atomic mass is 9.89. The number of nitrogens with one attached hydrogen (secondary N) is 2. The Morgan fingerprint density at radius 2 is 1.81 bits per heavy atom. The third-order valence-electron chi connectivity index (χ3n) is 6.92. The summed E-state index contributed by atoms with van der Waals surface area (Å²) < 4.78 is -0.464. The molecule has 3 atom stereocenters. The quantitative estimate of drug-likeness (QED) is 0.505. The van der Waals surface area contributed by atoms with Crippen molar-refractivity contribution >= 4 is 35.4 Å². The summed E-state index contributed by atoms with van der Waals surface area (Å²) in [6.07, 6.45) is 9.10. The van der Waals surface area contributed by atoms with Crippen molar-refractivity contribution in [2.24, 2.45) is 11.7 Å². The van der Waals surface area contributed by atoms with Crippen LogP contribution in [0.5, 0.6) is 0 Å². The molecule has 0 spiro atoms. The minimum atomic E-state index is -0.847. The van der Waals surface area contributed by atoms with Crippen molar-refractivity contribution < 1.29 is 19.2 Å². The third-order valence-corrected chi connectivity index (χ3v) is 8.48. The molecule has 2 aliphatic heterocycles. The summed E-state index contributed by atoms with van der Waals surface area (Å²) >= 11 is 1.66. The molecule has 2 saturated heterocycles. The fourth-order valence-corrected chi connectivity index (χ4v) is 6.90. The summed E-state index contributed by atoms with van der Waals surface area (Å²) in [6, 6.07) is -1.49. The van der Waals surface area contributed by atoms with Gasteiger partial charge in [0.1, 0.15) is 12.1 Å². The number of thioether (sulfide) groups is 1. The zero-order valence-corrected chi connectivity index (χ0v) is 20.2. The van der Waals surface area contributed by atoms with E-state index in [9.17, 15) is 19.2 Å². The van der Waals surface area contributed by atoms with Crippen LogP contribution in [0, 0.1) is 5.92 Å². The van der Waals surface area contributed by atoms with Gasteiger partial charge in [-0.2, -0.15) is 0 Å². The van der Waals surface area contributed by atoms with Gasteiger partial charge < -0.3 is 21.3 Å². The van der Waals surface area contributed by atoms with Crippen LogP contribution in [0.1, 0.15) is 84.5 Å². The molecule has 0 aromatic rings. The lowest BCUT2D eigenvalue weighted by Crippen LogP contribution is -2.58. The number of fused-ring (bicyclic) bond motifs is 1. The lowest BCUT2D eigenvalue weighted by Gasteiger charge is -2.32. The van der Waals surface area contributed by atoms with Crippen LogP contribution < -0.4 is 16.4 Å². The molecule has 9 heteroatoms. The van der Waals surface area contributed by atoms with E-state index in [1.54, 1.807) is 16.7 Å². The van der Waals surface area contributed by atoms with E-state index in [4.69, 9.17) is 5.73 Å². The highest BCUT2D eigenvalue weighted by Crippen LogP contribution is 2.47. The molecular formula is C23H38N4O4S. The van der Waals surface area contributed by atoms with Gasteiger partial charge in [-0.1, -0.05) is 25.7 Å². The van der Waals surface area contributed by atoms with Gasteiger partial charge in [-0.3, -0.25) is 19.2 Å². The lowest BCUT2D eigenvalue weighted by molar-refractivity contribution is -0.141. The maximum absolute atomic E-state index is 13.4. The molecule has 32 heavy (non-hydrogen) atoms. The Bertz CT molecular complexity index is 723. The van der Waals surface area contributed by atoms with Crippen molar-refractivity contribution in [2.45, 2.75) is 107 Å². The number of hydrogen-bond acceptors (Lipinski definition) is 5. The number of nitrogens with zero attached hydrogens (tertiary/aromatic N) is 1. The Morgan fingerprint density at radius 1 is 1.12 bits per heavy atom. The monoisotopic (exact) mass is 466 g/mol. The molecule has 4 amide bonds. The maximum Gasteiger partial charge on any atom is 0.244 e. The van der Waals surface area contributed by atoms with Crippen LogP contribution in [0.2, 0.25) is 0 Å². The largest absolute Gasteiger partial charge is 0.370 e. The number of hydrogen-bond donors (Lipinski definition) is 3. The zero-order chi connectivity index (χ0) is 23.3. The summed E-state index contributed by atoms with van der Waals surface area (Å²) in [5, 5.41) is 5.83. The second-order valence-electron chi connectivity index (χ2n) is 9.94. The van der Waals surface area contributed by atoms with E-state index in [1.165, 1.54) is 19.3 Å². The van der Waals surface area contributed by atoms with Crippen LogP contribution in [0.3, 0.4) is 0 Å². The number of primary amides is 1. The average molecular weight is 467 g/mol. The van der Waals surface area contributed by atoms with Crippen LogP contribution in [0.15, 0.2) is 0 Å². The Balaban J connectivity index is 1.69. The van der Waals surface area contributed by atoms with Crippen molar-refractivity contribution in [3.63, 3.8) is 0 Å². The van der Waals surface area contributed by atoms with Crippen LogP contribution in [-0.4, -0.2) is 57.3 Å². The Morgan fingerprint density at radius 3 is 2.50 bits per heavy atom. The van der Waals surface area contributed by atoms with Crippen molar-refractivity contribution in [1.29, 1.82) is 0 Å². The minimum absolute atomic E-state index is 0.00107. The highest BCUT2D eigenvalue weighted by Gasteiger charge is 2.53. The van der Waals surface area contributed by atoms with E-state index in [0.29, 0.717) is 18.9 Å². The van der Waals surface area contributed by atoms with Crippen LogP contribution >= 0.6 is 11.8 Å². The SMILES string of the molecule is CC1(C)S[C@@H]2CCCCC(=O)N2[C@@H]1C(=O)N[C@@H](CCC(N)=O)C(=O)NCC1CCCCC1. The number of carbonyl (C=O) groups is 4. The van der Waals surface area contributed by atoms with Gasteiger partial charge in [0.25, 0.3) is 0 Å². The summed E-state index contributed by atoms with van der Waals surface area (Å²) in [5.41, 5.74) is 5.31. The first-order valence-corrected chi connectivity index (χ1v) is 12.9. The Kier molecular flexibility index (Phi) is 8.47. The number of rotatable bonds is 8. The highest BCUT2D eigenvalue weighted by atomic mass is 32.2. The molecule has 3 rings (SSSR count). The fourth-order valence-electron chi connectivity index (χ4n) is 5.21. The molecule has 0 aromatic carbocycles. The molecule has 0 radical (unpaired) electrons. The van der Waals surface area contributed by atoms with Gasteiger partial charge in [0.15, 0.2) is 0 Å².